The molecule has 0 aliphatic heterocycles. The van der Waals surface area contributed by atoms with E-state index in [9.17, 15) is 13.2 Å². The molecule has 0 saturated carbocycles. The Kier molecular flexibility index (Phi) is 5.12. The number of carbonyl (C=O) groups is 1. The molecule has 6 nitrogen and oxygen atoms in total. The molecule has 14 heavy (non-hydrogen) atoms. The minimum Gasteiger partial charge on any atom is -0.353 e. The Balaban J connectivity index is 3.96. The predicted octanol–water partition coefficient (Wildman–Crippen LogP) is -1.05. The molecule has 0 atom stereocenters. The normalized spacial score (nSPS) is 11.0. The van der Waals surface area contributed by atoms with Gasteiger partial charge in [-0.3, -0.25) is 4.79 Å². The SMILES string of the molecule is CC(C)NC(=O)CNS(=O)(=O)CC#N. The molecule has 1 amide bonds. The summed E-state index contributed by atoms with van der Waals surface area (Å²) in [7, 11) is -3.63. The van der Waals surface area contributed by atoms with E-state index in [1.807, 2.05) is 4.72 Å². The molecule has 0 aliphatic rings. The van der Waals surface area contributed by atoms with Crippen LogP contribution in [0.5, 0.6) is 0 Å². The van der Waals surface area contributed by atoms with E-state index < -0.39 is 21.7 Å². The van der Waals surface area contributed by atoms with Crippen molar-refractivity contribution in [2.75, 3.05) is 12.3 Å². The summed E-state index contributed by atoms with van der Waals surface area (Å²) in [5.41, 5.74) is 0. The van der Waals surface area contributed by atoms with Crippen LogP contribution in [0.2, 0.25) is 0 Å². The minimum absolute atomic E-state index is 0.0389. The first-order valence-corrected chi connectivity index (χ1v) is 5.66. The van der Waals surface area contributed by atoms with Crippen LogP contribution < -0.4 is 10.0 Å². The van der Waals surface area contributed by atoms with Crippen molar-refractivity contribution in [3.8, 4) is 6.07 Å². The van der Waals surface area contributed by atoms with Crippen molar-refractivity contribution in [1.82, 2.24) is 10.0 Å². The van der Waals surface area contributed by atoms with Gasteiger partial charge in [-0.25, -0.2) is 13.1 Å². The lowest BCUT2D eigenvalue weighted by Crippen LogP contribution is -2.40. The lowest BCUT2D eigenvalue weighted by Gasteiger charge is -2.08. The van der Waals surface area contributed by atoms with Crippen molar-refractivity contribution in [1.29, 1.82) is 5.26 Å². The summed E-state index contributed by atoms with van der Waals surface area (Å²) in [4.78, 5) is 11.0. The van der Waals surface area contributed by atoms with E-state index in [0.717, 1.165) is 0 Å². The second kappa shape index (κ2) is 5.57. The fourth-order valence-electron chi connectivity index (χ4n) is 0.685. The van der Waals surface area contributed by atoms with Gasteiger partial charge in [-0.2, -0.15) is 5.26 Å². The quantitative estimate of drug-likeness (QED) is 0.616. The highest BCUT2D eigenvalue weighted by molar-refractivity contribution is 7.89. The van der Waals surface area contributed by atoms with E-state index in [-0.39, 0.29) is 12.6 Å². The monoisotopic (exact) mass is 219 g/mol. The second-order valence-corrected chi connectivity index (χ2v) is 4.77. The molecule has 0 aromatic rings. The molecule has 0 fully saturated rings. The summed E-state index contributed by atoms with van der Waals surface area (Å²) in [6, 6.07) is 1.45. The molecule has 0 unspecified atom stereocenters. The van der Waals surface area contributed by atoms with Crippen molar-refractivity contribution in [3.63, 3.8) is 0 Å². The molecule has 0 rings (SSSR count). The highest BCUT2D eigenvalue weighted by atomic mass is 32.2. The lowest BCUT2D eigenvalue weighted by atomic mass is 10.4. The van der Waals surface area contributed by atoms with Gasteiger partial charge in [0.05, 0.1) is 12.6 Å². The highest BCUT2D eigenvalue weighted by Crippen LogP contribution is 1.82. The van der Waals surface area contributed by atoms with Crippen LogP contribution in [-0.2, 0) is 14.8 Å². The average Bonchev–Trinajstić information content (AvgIpc) is 2.00. The molecule has 7 heteroatoms. The third-order valence-electron chi connectivity index (χ3n) is 1.16. The molecule has 2 N–H and O–H groups in total. The summed E-state index contributed by atoms with van der Waals surface area (Å²) in [5, 5.41) is 10.7. The maximum atomic E-state index is 11.0. The van der Waals surface area contributed by atoms with Crippen LogP contribution in [0.1, 0.15) is 13.8 Å². The first-order valence-electron chi connectivity index (χ1n) is 4.01. The van der Waals surface area contributed by atoms with Crippen LogP contribution in [0, 0.1) is 11.3 Å². The molecule has 0 aliphatic carbocycles. The van der Waals surface area contributed by atoms with Crippen molar-refractivity contribution in [2.24, 2.45) is 0 Å². The van der Waals surface area contributed by atoms with Gasteiger partial charge >= 0.3 is 0 Å². The zero-order valence-electron chi connectivity index (χ0n) is 8.07. The van der Waals surface area contributed by atoms with Crippen molar-refractivity contribution < 1.29 is 13.2 Å². The van der Waals surface area contributed by atoms with Crippen LogP contribution in [0.25, 0.3) is 0 Å². The van der Waals surface area contributed by atoms with Crippen LogP contribution in [0.3, 0.4) is 0 Å². The third-order valence-corrected chi connectivity index (χ3v) is 2.25. The van der Waals surface area contributed by atoms with Crippen LogP contribution in [-0.4, -0.2) is 32.7 Å². The zero-order chi connectivity index (χ0) is 11.2. The number of sulfonamides is 1. The zero-order valence-corrected chi connectivity index (χ0v) is 8.89. The number of nitrogens with zero attached hydrogens (tertiary/aromatic N) is 1. The Morgan fingerprint density at radius 2 is 2.07 bits per heavy atom. The highest BCUT2D eigenvalue weighted by Gasteiger charge is 2.11. The first-order chi connectivity index (χ1) is 6.37. The molecule has 80 valence electrons. The topological polar surface area (TPSA) is 99.1 Å². The first kappa shape index (κ1) is 12.9. The Hall–Kier alpha value is -1.13. The predicted molar refractivity (Wildman–Crippen MR) is 50.7 cm³/mol. The van der Waals surface area contributed by atoms with Gasteiger partial charge in [0.25, 0.3) is 0 Å². The number of hydrogen-bond acceptors (Lipinski definition) is 4. The molecule has 0 spiro atoms. The average molecular weight is 219 g/mol. The summed E-state index contributed by atoms with van der Waals surface area (Å²) in [6.45, 7) is 3.20. The Labute approximate surface area is 83.3 Å². The lowest BCUT2D eigenvalue weighted by molar-refractivity contribution is -0.120. The van der Waals surface area contributed by atoms with E-state index in [4.69, 9.17) is 5.26 Å². The number of amides is 1. The smallest absolute Gasteiger partial charge is 0.235 e. The number of rotatable bonds is 5. The van der Waals surface area contributed by atoms with Gasteiger partial charge in [0.2, 0.25) is 15.9 Å². The molecule has 0 heterocycles. The largest absolute Gasteiger partial charge is 0.353 e. The van der Waals surface area contributed by atoms with Crippen LogP contribution in [0.15, 0.2) is 0 Å². The minimum atomic E-state index is -3.63. The fourth-order valence-corrected chi connectivity index (χ4v) is 1.31. The van der Waals surface area contributed by atoms with Crippen molar-refractivity contribution >= 4 is 15.9 Å². The summed E-state index contributed by atoms with van der Waals surface area (Å²) >= 11 is 0. The standard InChI is InChI=1S/C7H13N3O3S/c1-6(2)10-7(11)5-9-14(12,13)4-3-8/h6,9H,4-5H2,1-2H3,(H,10,11). The van der Waals surface area contributed by atoms with Gasteiger partial charge in [0.15, 0.2) is 5.75 Å². The maximum Gasteiger partial charge on any atom is 0.235 e. The summed E-state index contributed by atoms with van der Waals surface area (Å²) < 4.78 is 23.8. The Morgan fingerprint density at radius 1 is 1.50 bits per heavy atom. The van der Waals surface area contributed by atoms with Crippen molar-refractivity contribution in [2.45, 2.75) is 19.9 Å². The molecule has 0 bridgehead atoms. The van der Waals surface area contributed by atoms with E-state index in [0.29, 0.717) is 0 Å². The second-order valence-electron chi connectivity index (χ2n) is 2.96. The van der Waals surface area contributed by atoms with Gasteiger partial charge < -0.3 is 5.32 Å². The van der Waals surface area contributed by atoms with Gasteiger partial charge in [-0.15, -0.1) is 0 Å². The number of carbonyl (C=O) groups excluding carboxylic acids is 1. The number of nitrogens with one attached hydrogen (secondary N) is 2. The van der Waals surface area contributed by atoms with E-state index in [1.165, 1.54) is 6.07 Å². The van der Waals surface area contributed by atoms with Gasteiger partial charge in [-0.1, -0.05) is 0 Å². The molecule has 0 radical (unpaired) electrons. The fraction of sp³-hybridized carbons (Fsp3) is 0.714. The summed E-state index contributed by atoms with van der Waals surface area (Å²) in [6.07, 6.45) is 0. The van der Waals surface area contributed by atoms with E-state index >= 15 is 0 Å². The van der Waals surface area contributed by atoms with E-state index in [2.05, 4.69) is 5.32 Å². The number of nitriles is 1. The molecule has 0 aromatic carbocycles. The van der Waals surface area contributed by atoms with Gasteiger partial charge in [-0.05, 0) is 13.8 Å². The van der Waals surface area contributed by atoms with Crippen LogP contribution in [0.4, 0.5) is 0 Å². The maximum absolute atomic E-state index is 11.0. The van der Waals surface area contributed by atoms with Gasteiger partial charge in [0, 0.05) is 6.04 Å². The Morgan fingerprint density at radius 3 is 2.50 bits per heavy atom. The van der Waals surface area contributed by atoms with Gasteiger partial charge in [0.1, 0.15) is 0 Å². The van der Waals surface area contributed by atoms with E-state index in [1.54, 1.807) is 13.8 Å². The molecular weight excluding hydrogens is 206 g/mol. The Bertz CT molecular complexity index is 329. The summed E-state index contributed by atoms with van der Waals surface area (Å²) in [5.74, 6) is -1.05. The van der Waals surface area contributed by atoms with Crippen LogP contribution >= 0.6 is 0 Å². The third kappa shape index (κ3) is 6.39. The molecule has 0 saturated heterocycles. The van der Waals surface area contributed by atoms with Crippen molar-refractivity contribution in [3.05, 3.63) is 0 Å². The number of hydrogen-bond donors (Lipinski definition) is 2. The molecule has 0 aromatic heterocycles. The molecular formula is C7H13N3O3S.